The summed E-state index contributed by atoms with van der Waals surface area (Å²) in [6.07, 6.45) is 1.000. The number of nitro benzene ring substituents is 1. The standard InChI is InChI=1S/C17H17Cl2NO6/c1-2-26-16(22)15-10(7-14(18)19)8-17(23,9-13(15)21)11-3-5-12(6-4-11)20(24)25/h3-7,10,15,23H,2,8-9H2,1H3. The molecule has 1 fully saturated rings. The van der Waals surface area contributed by atoms with Gasteiger partial charge in [-0.2, -0.15) is 0 Å². The van der Waals surface area contributed by atoms with Crippen molar-refractivity contribution in [1.82, 2.24) is 0 Å². The van der Waals surface area contributed by atoms with Gasteiger partial charge in [-0.25, -0.2) is 0 Å². The number of nitrogens with zero attached hydrogens (tertiary/aromatic N) is 1. The molecule has 1 aromatic carbocycles. The van der Waals surface area contributed by atoms with Crippen molar-refractivity contribution in [3.05, 3.63) is 50.5 Å². The van der Waals surface area contributed by atoms with E-state index in [-0.39, 0.29) is 29.6 Å². The zero-order valence-corrected chi connectivity index (χ0v) is 15.4. The number of ether oxygens (including phenoxy) is 1. The van der Waals surface area contributed by atoms with Crippen molar-refractivity contribution in [2.75, 3.05) is 6.61 Å². The minimum absolute atomic E-state index is 0.0109. The summed E-state index contributed by atoms with van der Waals surface area (Å²) < 4.78 is 4.81. The molecule has 7 nitrogen and oxygen atoms in total. The maximum absolute atomic E-state index is 12.6. The van der Waals surface area contributed by atoms with Gasteiger partial charge in [-0.15, -0.1) is 0 Å². The highest BCUT2D eigenvalue weighted by atomic mass is 35.5. The molecule has 1 saturated carbocycles. The lowest BCUT2D eigenvalue weighted by atomic mass is 9.68. The number of carbonyl (C=O) groups is 2. The number of aliphatic hydroxyl groups is 1. The van der Waals surface area contributed by atoms with E-state index in [1.165, 1.54) is 30.3 Å². The summed E-state index contributed by atoms with van der Waals surface area (Å²) in [5, 5.41) is 21.8. The third-order valence-electron chi connectivity index (χ3n) is 4.31. The summed E-state index contributed by atoms with van der Waals surface area (Å²) in [4.78, 5) is 34.9. The molecule has 1 aliphatic rings. The van der Waals surface area contributed by atoms with Gasteiger partial charge in [-0.3, -0.25) is 19.7 Å². The summed E-state index contributed by atoms with van der Waals surface area (Å²) in [6, 6.07) is 5.27. The van der Waals surface area contributed by atoms with E-state index in [1.807, 2.05) is 0 Å². The number of Topliss-reactive ketones (excluding diaryl/α,β-unsaturated/α-hetero) is 1. The molecule has 0 saturated heterocycles. The molecule has 0 aromatic heterocycles. The minimum atomic E-state index is -1.60. The van der Waals surface area contributed by atoms with Crippen molar-refractivity contribution in [3.63, 3.8) is 0 Å². The van der Waals surface area contributed by atoms with Gasteiger partial charge < -0.3 is 9.84 Å². The third-order valence-corrected chi connectivity index (χ3v) is 4.56. The Bertz CT molecular complexity index is 744. The summed E-state index contributed by atoms with van der Waals surface area (Å²) in [5.41, 5.74) is -1.40. The average molecular weight is 402 g/mol. The highest BCUT2D eigenvalue weighted by Gasteiger charge is 2.48. The van der Waals surface area contributed by atoms with Crippen molar-refractivity contribution in [2.24, 2.45) is 11.8 Å². The molecule has 0 bridgehead atoms. The zero-order valence-electron chi connectivity index (χ0n) is 13.9. The minimum Gasteiger partial charge on any atom is -0.465 e. The molecule has 2 rings (SSSR count). The monoisotopic (exact) mass is 401 g/mol. The second-order valence-corrected chi connectivity index (χ2v) is 7.04. The van der Waals surface area contributed by atoms with Crippen LogP contribution in [0.2, 0.25) is 0 Å². The van der Waals surface area contributed by atoms with Crippen molar-refractivity contribution in [2.45, 2.75) is 25.4 Å². The van der Waals surface area contributed by atoms with Crippen LogP contribution in [0.25, 0.3) is 0 Å². The molecule has 26 heavy (non-hydrogen) atoms. The summed E-state index contributed by atoms with van der Waals surface area (Å²) in [6.45, 7) is 1.73. The number of carbonyl (C=O) groups excluding carboxylic acids is 2. The number of hydrogen-bond donors (Lipinski definition) is 1. The molecular formula is C17H17Cl2NO6. The van der Waals surface area contributed by atoms with Crippen LogP contribution in [0.15, 0.2) is 34.8 Å². The van der Waals surface area contributed by atoms with Crippen LogP contribution in [0.3, 0.4) is 0 Å². The first-order chi connectivity index (χ1) is 12.2. The number of allylic oxidation sites excluding steroid dienone is 1. The molecule has 0 spiro atoms. The maximum atomic E-state index is 12.6. The Labute approximate surface area is 159 Å². The van der Waals surface area contributed by atoms with Gasteiger partial charge >= 0.3 is 5.97 Å². The fraction of sp³-hybridized carbons (Fsp3) is 0.412. The number of benzene rings is 1. The van der Waals surface area contributed by atoms with Crippen LogP contribution in [0.5, 0.6) is 0 Å². The van der Waals surface area contributed by atoms with E-state index in [0.29, 0.717) is 5.56 Å². The Kier molecular flexibility index (Phi) is 6.39. The lowest BCUT2D eigenvalue weighted by molar-refractivity contribution is -0.384. The average Bonchev–Trinajstić information content (AvgIpc) is 2.54. The lowest BCUT2D eigenvalue weighted by Crippen LogP contribution is -2.45. The second kappa shape index (κ2) is 8.16. The smallest absolute Gasteiger partial charge is 0.317 e. The number of esters is 1. The Hall–Kier alpha value is -1.96. The molecule has 3 atom stereocenters. The molecule has 1 aliphatic carbocycles. The number of ketones is 1. The zero-order chi connectivity index (χ0) is 19.5. The van der Waals surface area contributed by atoms with Gasteiger partial charge in [0.2, 0.25) is 0 Å². The van der Waals surface area contributed by atoms with Crippen LogP contribution in [0.4, 0.5) is 5.69 Å². The first kappa shape index (κ1) is 20.4. The van der Waals surface area contributed by atoms with Crippen LogP contribution in [-0.2, 0) is 19.9 Å². The van der Waals surface area contributed by atoms with Gasteiger partial charge in [-0.05, 0) is 37.1 Å². The van der Waals surface area contributed by atoms with Crippen LogP contribution in [0, 0.1) is 22.0 Å². The Morgan fingerprint density at radius 3 is 2.54 bits per heavy atom. The molecule has 140 valence electrons. The van der Waals surface area contributed by atoms with Crippen LogP contribution in [0.1, 0.15) is 25.3 Å². The first-order valence-corrected chi connectivity index (χ1v) is 8.63. The molecule has 0 aliphatic heterocycles. The van der Waals surface area contributed by atoms with E-state index < -0.39 is 34.1 Å². The first-order valence-electron chi connectivity index (χ1n) is 7.87. The van der Waals surface area contributed by atoms with Crippen molar-refractivity contribution in [3.8, 4) is 0 Å². The van der Waals surface area contributed by atoms with Crippen LogP contribution >= 0.6 is 23.2 Å². The maximum Gasteiger partial charge on any atom is 0.317 e. The third kappa shape index (κ3) is 4.41. The van der Waals surface area contributed by atoms with Crippen LogP contribution < -0.4 is 0 Å². The molecule has 3 unspecified atom stereocenters. The predicted molar refractivity (Wildman–Crippen MR) is 94.6 cm³/mol. The summed E-state index contributed by atoms with van der Waals surface area (Å²) in [5.74, 6) is -3.08. The SMILES string of the molecule is CCOC(=O)C1C(=O)CC(O)(c2ccc([N+](=O)[O-])cc2)CC1C=C(Cl)Cl. The summed E-state index contributed by atoms with van der Waals surface area (Å²) in [7, 11) is 0. The normalized spacial score (nSPS) is 25.5. The number of halogens is 2. The Morgan fingerprint density at radius 1 is 1.42 bits per heavy atom. The molecule has 1 N–H and O–H groups in total. The van der Waals surface area contributed by atoms with Crippen molar-refractivity contribution < 1.29 is 24.4 Å². The molecule has 0 amide bonds. The highest BCUT2D eigenvalue weighted by molar-refractivity contribution is 6.55. The van der Waals surface area contributed by atoms with Gasteiger partial charge in [0.1, 0.15) is 10.4 Å². The van der Waals surface area contributed by atoms with E-state index in [2.05, 4.69) is 0 Å². The van der Waals surface area contributed by atoms with E-state index >= 15 is 0 Å². The van der Waals surface area contributed by atoms with E-state index in [0.717, 1.165) is 0 Å². The fourth-order valence-corrected chi connectivity index (χ4v) is 3.51. The summed E-state index contributed by atoms with van der Waals surface area (Å²) >= 11 is 11.4. The van der Waals surface area contributed by atoms with E-state index in [4.69, 9.17) is 27.9 Å². The molecular weight excluding hydrogens is 385 g/mol. The topological polar surface area (TPSA) is 107 Å². The van der Waals surface area contributed by atoms with Gasteiger partial charge in [0, 0.05) is 24.5 Å². The fourth-order valence-electron chi connectivity index (χ4n) is 3.19. The van der Waals surface area contributed by atoms with Gasteiger partial charge in [0.25, 0.3) is 5.69 Å². The number of rotatable bonds is 5. The molecule has 0 heterocycles. The Morgan fingerprint density at radius 2 is 2.04 bits per heavy atom. The quantitative estimate of drug-likeness (QED) is 0.351. The molecule has 1 aromatic rings. The lowest BCUT2D eigenvalue weighted by Gasteiger charge is -2.38. The number of non-ortho nitro benzene ring substituents is 1. The number of nitro groups is 1. The second-order valence-electron chi connectivity index (χ2n) is 6.03. The van der Waals surface area contributed by atoms with Crippen LogP contribution in [-0.4, -0.2) is 28.4 Å². The predicted octanol–water partition coefficient (Wildman–Crippen LogP) is 3.26. The Balaban J connectivity index is 2.37. The van der Waals surface area contributed by atoms with Gasteiger partial charge in [-0.1, -0.05) is 23.2 Å². The highest BCUT2D eigenvalue weighted by Crippen LogP contribution is 2.43. The number of hydrogen-bond acceptors (Lipinski definition) is 6. The van der Waals surface area contributed by atoms with Crippen molar-refractivity contribution in [1.29, 1.82) is 0 Å². The molecule has 0 radical (unpaired) electrons. The van der Waals surface area contributed by atoms with Gasteiger partial charge in [0.05, 0.1) is 17.1 Å². The van der Waals surface area contributed by atoms with E-state index in [1.54, 1.807) is 6.92 Å². The van der Waals surface area contributed by atoms with E-state index in [9.17, 15) is 24.8 Å². The van der Waals surface area contributed by atoms with Crippen molar-refractivity contribution >= 4 is 40.6 Å². The van der Waals surface area contributed by atoms with Gasteiger partial charge in [0.15, 0.2) is 5.78 Å². The largest absolute Gasteiger partial charge is 0.465 e. The molecule has 9 heteroatoms.